The Morgan fingerprint density at radius 1 is 1.20 bits per heavy atom. The number of nitrogens with zero attached hydrogens (tertiary/aromatic N) is 1. The third-order valence-electron chi connectivity index (χ3n) is 3.52. The predicted octanol–water partition coefficient (Wildman–Crippen LogP) is 2.50. The Labute approximate surface area is 115 Å². The molecule has 0 saturated carbocycles. The number of rotatable bonds is 2. The summed E-state index contributed by atoms with van der Waals surface area (Å²) in [5.41, 5.74) is 1.32. The van der Waals surface area contributed by atoms with Crippen LogP contribution in [0.3, 0.4) is 0 Å². The minimum absolute atomic E-state index is 0.244. The molecule has 1 aromatic heterocycles. The van der Waals surface area contributed by atoms with Gasteiger partial charge in [0.15, 0.2) is 5.76 Å². The summed E-state index contributed by atoms with van der Waals surface area (Å²) < 4.78 is 5.13. The van der Waals surface area contributed by atoms with Crippen LogP contribution in [0.15, 0.2) is 47.1 Å². The van der Waals surface area contributed by atoms with Crippen LogP contribution in [-0.2, 0) is 4.79 Å². The summed E-state index contributed by atoms with van der Waals surface area (Å²) in [6, 6.07) is 10.4. The average molecular weight is 271 g/mol. The van der Waals surface area contributed by atoms with Crippen molar-refractivity contribution >= 4 is 17.6 Å². The van der Waals surface area contributed by atoms with Gasteiger partial charge in [0, 0.05) is 12.2 Å². The third kappa shape index (κ3) is 1.97. The molecule has 1 amide bonds. The van der Waals surface area contributed by atoms with E-state index in [4.69, 9.17) is 4.42 Å². The lowest BCUT2D eigenvalue weighted by Crippen LogP contribution is -2.38. The zero-order valence-corrected chi connectivity index (χ0v) is 10.7. The number of para-hydroxylation sites is 1. The van der Waals surface area contributed by atoms with Gasteiger partial charge in [0.25, 0.3) is 5.91 Å². The van der Waals surface area contributed by atoms with Gasteiger partial charge in [-0.15, -0.1) is 0 Å². The van der Waals surface area contributed by atoms with Crippen LogP contribution in [0.2, 0.25) is 0 Å². The van der Waals surface area contributed by atoms with Crippen molar-refractivity contribution in [2.24, 2.45) is 0 Å². The Balaban J connectivity index is 2.01. The number of hydrogen-bond acceptors (Lipinski definition) is 3. The van der Waals surface area contributed by atoms with Crippen LogP contribution in [0, 0.1) is 0 Å². The van der Waals surface area contributed by atoms with Crippen LogP contribution in [0.5, 0.6) is 0 Å². The highest BCUT2D eigenvalue weighted by Gasteiger charge is 2.33. The van der Waals surface area contributed by atoms with Crippen molar-refractivity contribution < 1.29 is 19.1 Å². The fourth-order valence-electron chi connectivity index (χ4n) is 2.56. The van der Waals surface area contributed by atoms with E-state index in [1.807, 2.05) is 0 Å². The van der Waals surface area contributed by atoms with Crippen molar-refractivity contribution in [1.29, 1.82) is 0 Å². The van der Waals surface area contributed by atoms with Gasteiger partial charge in [-0.3, -0.25) is 9.59 Å². The second kappa shape index (κ2) is 4.85. The Morgan fingerprint density at radius 2 is 2.00 bits per heavy atom. The highest BCUT2D eigenvalue weighted by atomic mass is 16.4. The Morgan fingerprint density at radius 3 is 2.70 bits per heavy atom. The first-order valence-corrected chi connectivity index (χ1v) is 6.35. The highest BCUT2D eigenvalue weighted by molar-refractivity contribution is 6.05. The van der Waals surface area contributed by atoms with Crippen LogP contribution >= 0.6 is 0 Å². The van der Waals surface area contributed by atoms with Crippen molar-refractivity contribution in [2.75, 3.05) is 11.4 Å². The molecule has 0 saturated heterocycles. The van der Waals surface area contributed by atoms with E-state index >= 15 is 0 Å². The average Bonchev–Trinajstić information content (AvgIpc) is 2.99. The summed E-state index contributed by atoms with van der Waals surface area (Å²) >= 11 is 0. The van der Waals surface area contributed by atoms with Gasteiger partial charge in [-0.25, -0.2) is 0 Å². The van der Waals surface area contributed by atoms with Gasteiger partial charge in [-0.05, 0) is 30.2 Å². The molecule has 2 heterocycles. The first-order chi connectivity index (χ1) is 9.68. The molecule has 0 bridgehead atoms. The molecular weight excluding hydrogens is 258 g/mol. The van der Waals surface area contributed by atoms with E-state index in [9.17, 15) is 14.7 Å². The monoisotopic (exact) mass is 271 g/mol. The minimum atomic E-state index is -0.859. The molecular formula is C15H13NO4. The summed E-state index contributed by atoms with van der Waals surface area (Å²) in [7, 11) is 0. The van der Waals surface area contributed by atoms with Crippen molar-refractivity contribution in [3.8, 4) is 0 Å². The van der Waals surface area contributed by atoms with Crippen LogP contribution in [-0.4, -0.2) is 23.5 Å². The number of carboxylic acids is 1. The Bertz CT molecular complexity index is 648. The van der Waals surface area contributed by atoms with E-state index < -0.39 is 11.9 Å². The topological polar surface area (TPSA) is 70.8 Å². The number of amides is 1. The third-order valence-corrected chi connectivity index (χ3v) is 3.52. The van der Waals surface area contributed by atoms with Crippen LogP contribution < -0.4 is 4.90 Å². The molecule has 20 heavy (non-hydrogen) atoms. The van der Waals surface area contributed by atoms with E-state index in [0.717, 1.165) is 0 Å². The number of aliphatic carboxylic acids is 1. The van der Waals surface area contributed by atoms with E-state index in [1.165, 1.54) is 6.26 Å². The maximum absolute atomic E-state index is 12.4. The van der Waals surface area contributed by atoms with Crippen molar-refractivity contribution in [3.05, 3.63) is 54.0 Å². The molecule has 1 N–H and O–H groups in total. The fraction of sp³-hybridized carbons (Fsp3) is 0.200. The lowest BCUT2D eigenvalue weighted by molar-refractivity contribution is -0.139. The molecule has 5 nitrogen and oxygen atoms in total. The normalized spacial score (nSPS) is 17.6. The van der Waals surface area contributed by atoms with Gasteiger partial charge in [-0.2, -0.15) is 0 Å². The van der Waals surface area contributed by atoms with Crippen molar-refractivity contribution in [1.82, 2.24) is 0 Å². The van der Waals surface area contributed by atoms with Gasteiger partial charge < -0.3 is 14.4 Å². The number of furan rings is 1. The fourth-order valence-corrected chi connectivity index (χ4v) is 2.56. The Kier molecular flexibility index (Phi) is 3.02. The minimum Gasteiger partial charge on any atom is -0.481 e. The molecule has 0 aliphatic carbocycles. The molecule has 3 rings (SSSR count). The number of hydrogen-bond donors (Lipinski definition) is 1. The largest absolute Gasteiger partial charge is 0.481 e. The lowest BCUT2D eigenvalue weighted by Gasteiger charge is -2.32. The van der Waals surface area contributed by atoms with Crippen molar-refractivity contribution in [3.63, 3.8) is 0 Å². The summed E-state index contributed by atoms with van der Waals surface area (Å²) in [6.07, 6.45) is 1.85. The molecule has 1 aromatic carbocycles. The van der Waals surface area contributed by atoms with E-state index in [-0.39, 0.29) is 11.7 Å². The summed E-state index contributed by atoms with van der Waals surface area (Å²) in [6.45, 7) is 0.369. The second-order valence-corrected chi connectivity index (χ2v) is 4.67. The molecule has 0 spiro atoms. The second-order valence-electron chi connectivity index (χ2n) is 4.67. The number of carbonyl (C=O) groups excluding carboxylic acids is 1. The highest BCUT2D eigenvalue weighted by Crippen LogP contribution is 2.36. The van der Waals surface area contributed by atoms with Crippen LogP contribution in [0.25, 0.3) is 0 Å². The molecule has 1 aliphatic rings. The van der Waals surface area contributed by atoms with Crippen LogP contribution in [0.1, 0.15) is 28.5 Å². The summed E-state index contributed by atoms with van der Waals surface area (Å²) in [4.78, 5) is 25.3. The lowest BCUT2D eigenvalue weighted by atomic mass is 9.90. The number of carboxylic acid groups (broad SMARTS) is 1. The quantitative estimate of drug-likeness (QED) is 0.911. The number of fused-ring (bicyclic) bond motifs is 1. The molecule has 1 unspecified atom stereocenters. The molecule has 102 valence electrons. The molecule has 2 aromatic rings. The van der Waals surface area contributed by atoms with Gasteiger partial charge in [0.2, 0.25) is 0 Å². The maximum Gasteiger partial charge on any atom is 0.311 e. The maximum atomic E-state index is 12.4. The van der Waals surface area contributed by atoms with E-state index in [0.29, 0.717) is 24.2 Å². The molecule has 1 aliphatic heterocycles. The predicted molar refractivity (Wildman–Crippen MR) is 71.8 cm³/mol. The van der Waals surface area contributed by atoms with Crippen molar-refractivity contribution in [2.45, 2.75) is 12.3 Å². The summed E-state index contributed by atoms with van der Waals surface area (Å²) in [5.74, 6) is -1.41. The standard InChI is InChI=1S/C15H13NO4/c17-14(13-6-3-9-20-13)16-8-7-11(15(18)19)10-4-1-2-5-12(10)16/h1-6,9,11H,7-8H2,(H,18,19). The number of anilines is 1. The van der Waals surface area contributed by atoms with Gasteiger partial charge in [0.1, 0.15) is 0 Å². The van der Waals surface area contributed by atoms with Crippen LogP contribution in [0.4, 0.5) is 5.69 Å². The van der Waals surface area contributed by atoms with Gasteiger partial charge in [-0.1, -0.05) is 18.2 Å². The Hall–Kier alpha value is -2.56. The molecule has 5 heteroatoms. The molecule has 1 atom stereocenters. The first-order valence-electron chi connectivity index (χ1n) is 6.35. The molecule has 0 fully saturated rings. The summed E-state index contributed by atoms with van der Waals surface area (Å²) in [5, 5.41) is 9.27. The van der Waals surface area contributed by atoms with Gasteiger partial charge in [0.05, 0.1) is 12.2 Å². The SMILES string of the molecule is O=C(O)C1CCN(C(=O)c2ccco2)c2ccccc21. The molecule has 0 radical (unpaired) electrons. The number of benzene rings is 1. The van der Waals surface area contributed by atoms with E-state index in [1.54, 1.807) is 41.3 Å². The smallest absolute Gasteiger partial charge is 0.311 e. The van der Waals surface area contributed by atoms with Gasteiger partial charge >= 0.3 is 5.97 Å². The zero-order chi connectivity index (χ0) is 14.1. The first kappa shape index (κ1) is 12.5. The van der Waals surface area contributed by atoms with E-state index in [2.05, 4.69) is 0 Å². The zero-order valence-electron chi connectivity index (χ0n) is 10.7. The number of carbonyl (C=O) groups is 2.